The second kappa shape index (κ2) is 4.64. The summed E-state index contributed by atoms with van der Waals surface area (Å²) in [6, 6.07) is 0. The van der Waals surface area contributed by atoms with E-state index in [-0.39, 0.29) is 17.2 Å². The van der Waals surface area contributed by atoms with Crippen LogP contribution in [0.5, 0.6) is 0 Å². The monoisotopic (exact) mass is 239 g/mol. The SMILES string of the molecule is CC(N)=O.Cn1c(=O)c2[nH]cnc2n(C)c1=O. The molecule has 0 unspecified atom stereocenters. The van der Waals surface area contributed by atoms with Gasteiger partial charge in [-0.2, -0.15) is 0 Å². The number of rotatable bonds is 0. The highest BCUT2D eigenvalue weighted by Crippen LogP contribution is 1.97. The lowest BCUT2D eigenvalue weighted by atomic mass is 10.5. The number of nitrogens with zero attached hydrogens (tertiary/aromatic N) is 3. The molecule has 0 aliphatic carbocycles. The summed E-state index contributed by atoms with van der Waals surface area (Å²) < 4.78 is 2.37. The quantitative estimate of drug-likeness (QED) is 0.579. The molecule has 1 amide bonds. The maximum atomic E-state index is 11.4. The minimum atomic E-state index is -0.371. The van der Waals surface area contributed by atoms with Gasteiger partial charge >= 0.3 is 5.69 Å². The summed E-state index contributed by atoms with van der Waals surface area (Å²) in [6.07, 6.45) is 1.39. The van der Waals surface area contributed by atoms with Crippen LogP contribution in [0.2, 0.25) is 0 Å². The van der Waals surface area contributed by atoms with E-state index in [1.807, 2.05) is 0 Å². The first-order valence-corrected chi connectivity index (χ1v) is 4.71. The van der Waals surface area contributed by atoms with E-state index in [0.717, 1.165) is 4.57 Å². The van der Waals surface area contributed by atoms with Crippen molar-refractivity contribution >= 4 is 17.1 Å². The molecule has 3 N–H and O–H groups in total. The average molecular weight is 239 g/mol. The predicted molar refractivity (Wildman–Crippen MR) is 61.4 cm³/mol. The summed E-state index contributed by atoms with van der Waals surface area (Å²) in [6.45, 7) is 1.31. The molecule has 8 heteroatoms. The largest absolute Gasteiger partial charge is 0.370 e. The Kier molecular flexibility index (Phi) is 3.46. The fraction of sp³-hybridized carbons (Fsp3) is 0.333. The number of primary amides is 1. The molecule has 2 heterocycles. The number of nitrogens with two attached hydrogens (primary N) is 1. The van der Waals surface area contributed by atoms with E-state index in [4.69, 9.17) is 0 Å². The van der Waals surface area contributed by atoms with Crippen molar-refractivity contribution in [1.29, 1.82) is 0 Å². The molecule has 0 aliphatic heterocycles. The first kappa shape index (κ1) is 12.7. The van der Waals surface area contributed by atoms with Gasteiger partial charge in [-0.05, 0) is 0 Å². The van der Waals surface area contributed by atoms with Gasteiger partial charge in [-0.3, -0.25) is 18.7 Å². The van der Waals surface area contributed by atoms with E-state index >= 15 is 0 Å². The number of carbonyl (C=O) groups is 1. The third-order valence-electron chi connectivity index (χ3n) is 2.03. The fourth-order valence-corrected chi connectivity index (χ4v) is 1.27. The van der Waals surface area contributed by atoms with Crippen molar-refractivity contribution in [2.75, 3.05) is 0 Å². The summed E-state index contributed by atoms with van der Waals surface area (Å²) in [7, 11) is 3.01. The van der Waals surface area contributed by atoms with E-state index in [2.05, 4.69) is 15.7 Å². The number of nitrogens with one attached hydrogen (secondary N) is 1. The van der Waals surface area contributed by atoms with Crippen molar-refractivity contribution in [3.05, 3.63) is 27.2 Å². The Bertz CT molecular complexity index is 659. The Morgan fingerprint density at radius 3 is 2.41 bits per heavy atom. The molecule has 0 radical (unpaired) electrons. The molecule has 2 aromatic heterocycles. The Morgan fingerprint density at radius 1 is 1.35 bits per heavy atom. The van der Waals surface area contributed by atoms with Crippen molar-refractivity contribution in [2.24, 2.45) is 19.8 Å². The zero-order valence-corrected chi connectivity index (χ0v) is 9.72. The van der Waals surface area contributed by atoms with E-state index < -0.39 is 0 Å². The Balaban J connectivity index is 0.000000317. The molecule has 0 bridgehead atoms. The van der Waals surface area contributed by atoms with E-state index in [9.17, 15) is 14.4 Å². The van der Waals surface area contributed by atoms with Crippen molar-refractivity contribution in [2.45, 2.75) is 6.92 Å². The smallest absolute Gasteiger partial charge is 0.332 e. The maximum Gasteiger partial charge on any atom is 0.332 e. The lowest BCUT2D eigenvalue weighted by Gasteiger charge is -2.00. The summed E-state index contributed by atoms with van der Waals surface area (Å²) in [5, 5.41) is 0. The van der Waals surface area contributed by atoms with Gasteiger partial charge in [0.1, 0.15) is 5.52 Å². The lowest BCUT2D eigenvalue weighted by Crippen LogP contribution is -2.36. The number of fused-ring (bicyclic) bond motifs is 1. The maximum absolute atomic E-state index is 11.4. The van der Waals surface area contributed by atoms with Crippen molar-refractivity contribution in [3.8, 4) is 0 Å². The highest BCUT2D eigenvalue weighted by molar-refractivity contribution is 5.70. The summed E-state index contributed by atoms with van der Waals surface area (Å²) >= 11 is 0. The number of aryl methyl sites for hydroxylation is 1. The second-order valence-corrected chi connectivity index (χ2v) is 3.42. The number of H-pyrrole nitrogens is 1. The van der Waals surface area contributed by atoms with Gasteiger partial charge < -0.3 is 10.7 Å². The highest BCUT2D eigenvalue weighted by Gasteiger charge is 2.08. The van der Waals surface area contributed by atoms with Crippen LogP contribution in [0.3, 0.4) is 0 Å². The predicted octanol–water partition coefficient (Wildman–Crippen LogP) is -1.55. The molecular formula is C9H13N5O3. The minimum absolute atomic E-state index is 0.333. The third kappa shape index (κ3) is 2.41. The molecule has 8 nitrogen and oxygen atoms in total. The summed E-state index contributed by atoms with van der Waals surface area (Å²) in [5.41, 5.74) is 4.48. The minimum Gasteiger partial charge on any atom is -0.370 e. The van der Waals surface area contributed by atoms with Crippen LogP contribution in [0.4, 0.5) is 0 Å². The molecule has 0 atom stereocenters. The summed E-state index contributed by atoms with van der Waals surface area (Å²) in [4.78, 5) is 38.6. The van der Waals surface area contributed by atoms with E-state index in [0.29, 0.717) is 11.2 Å². The van der Waals surface area contributed by atoms with E-state index in [1.165, 1.54) is 24.9 Å². The zero-order chi connectivity index (χ0) is 13.2. The normalized spacial score (nSPS) is 9.82. The molecule has 0 spiro atoms. The molecule has 92 valence electrons. The molecule has 0 aliphatic rings. The van der Waals surface area contributed by atoms with Gasteiger partial charge in [-0.15, -0.1) is 0 Å². The number of hydrogen-bond acceptors (Lipinski definition) is 4. The number of amides is 1. The van der Waals surface area contributed by atoms with Gasteiger partial charge in [-0.1, -0.05) is 0 Å². The number of aromatic nitrogens is 4. The van der Waals surface area contributed by atoms with Gasteiger partial charge in [0, 0.05) is 21.0 Å². The molecule has 0 aromatic carbocycles. The molecule has 0 saturated heterocycles. The molecule has 0 fully saturated rings. The van der Waals surface area contributed by atoms with Crippen molar-refractivity contribution < 1.29 is 4.79 Å². The van der Waals surface area contributed by atoms with Crippen LogP contribution in [0.1, 0.15) is 6.92 Å². The van der Waals surface area contributed by atoms with E-state index in [1.54, 1.807) is 7.05 Å². The van der Waals surface area contributed by atoms with Gasteiger partial charge in [0.2, 0.25) is 5.91 Å². The highest BCUT2D eigenvalue weighted by atomic mass is 16.2. The van der Waals surface area contributed by atoms with Crippen LogP contribution in [0.25, 0.3) is 11.2 Å². The van der Waals surface area contributed by atoms with Crippen LogP contribution in [-0.4, -0.2) is 25.0 Å². The van der Waals surface area contributed by atoms with Gasteiger partial charge in [0.15, 0.2) is 5.65 Å². The molecule has 2 rings (SSSR count). The number of hydrogen-bond donors (Lipinski definition) is 2. The topological polar surface area (TPSA) is 116 Å². The van der Waals surface area contributed by atoms with Crippen LogP contribution in [0.15, 0.2) is 15.9 Å². The average Bonchev–Trinajstić information content (AvgIpc) is 2.71. The molecule has 17 heavy (non-hydrogen) atoms. The van der Waals surface area contributed by atoms with Crippen molar-refractivity contribution in [1.82, 2.24) is 19.1 Å². The Labute approximate surface area is 95.7 Å². The zero-order valence-electron chi connectivity index (χ0n) is 9.72. The number of imidazole rings is 1. The molecule has 2 aromatic rings. The van der Waals surface area contributed by atoms with Crippen LogP contribution < -0.4 is 17.0 Å². The van der Waals surface area contributed by atoms with Crippen molar-refractivity contribution in [3.63, 3.8) is 0 Å². The number of aromatic amines is 1. The van der Waals surface area contributed by atoms with Gasteiger partial charge in [-0.25, -0.2) is 9.78 Å². The van der Waals surface area contributed by atoms with Gasteiger partial charge in [0.05, 0.1) is 6.33 Å². The summed E-state index contributed by atoms with van der Waals surface area (Å²) in [5.74, 6) is -0.333. The lowest BCUT2D eigenvalue weighted by molar-refractivity contribution is -0.115. The van der Waals surface area contributed by atoms with Gasteiger partial charge in [0.25, 0.3) is 5.56 Å². The Morgan fingerprint density at radius 2 is 1.88 bits per heavy atom. The first-order chi connectivity index (χ1) is 7.86. The van der Waals surface area contributed by atoms with Crippen LogP contribution >= 0.6 is 0 Å². The first-order valence-electron chi connectivity index (χ1n) is 4.71. The standard InChI is InChI=1S/C7H8N4O2.C2H5NO/c1-10-5-4(8-3-9-5)6(12)11(2)7(10)13;1-2(3)4/h3H,1-2H3,(H,8,9);1H3,(H2,3,4). The third-order valence-corrected chi connectivity index (χ3v) is 2.03. The van der Waals surface area contributed by atoms with Crippen LogP contribution in [0, 0.1) is 0 Å². The molecular weight excluding hydrogens is 226 g/mol. The molecule has 0 saturated carbocycles. The fourth-order valence-electron chi connectivity index (χ4n) is 1.27. The van der Waals surface area contributed by atoms with Crippen LogP contribution in [-0.2, 0) is 18.9 Å². The number of carbonyl (C=O) groups excluding carboxylic acids is 1. The second-order valence-electron chi connectivity index (χ2n) is 3.42. The Hall–Kier alpha value is -2.38.